The molecule has 4 heteroatoms. The molecule has 0 saturated carbocycles. The van der Waals surface area contributed by atoms with Gasteiger partial charge in [-0.1, -0.05) is 30.2 Å². The molecule has 0 heterocycles. The predicted molar refractivity (Wildman–Crippen MR) is 105 cm³/mol. The van der Waals surface area contributed by atoms with E-state index in [0.717, 1.165) is 11.1 Å². The first-order chi connectivity index (χ1) is 12.1. The maximum atomic E-state index is 12.2. The summed E-state index contributed by atoms with van der Waals surface area (Å²) in [6.45, 7) is 9.71. The Morgan fingerprint density at radius 1 is 1.04 bits per heavy atom. The summed E-state index contributed by atoms with van der Waals surface area (Å²) in [5.41, 5.74) is 3.57. The van der Waals surface area contributed by atoms with E-state index in [-0.39, 0.29) is 23.0 Å². The molecule has 0 saturated heterocycles. The van der Waals surface area contributed by atoms with E-state index >= 15 is 0 Å². The second-order valence-electron chi connectivity index (χ2n) is 7.33. The summed E-state index contributed by atoms with van der Waals surface area (Å²) in [5.74, 6) is -0.863. The molecule has 1 aromatic rings. The largest absolute Gasteiger partial charge is 0.507 e. The van der Waals surface area contributed by atoms with E-state index in [9.17, 15) is 19.8 Å². The Morgan fingerprint density at radius 3 is 2.15 bits per heavy atom. The van der Waals surface area contributed by atoms with E-state index in [1.165, 1.54) is 12.1 Å². The standard InChI is InChI=1S/C22H30O4/c1-14(2)6-9-17-12-19(22(25)26)13-18(21(17)24)10-8-16(5)20(23)11-7-15(3)4/h6-7,12-13,16,24H,8-11H2,1-5H3,(H,25,26)/t16-/m0/s1. The highest BCUT2D eigenvalue weighted by atomic mass is 16.4. The van der Waals surface area contributed by atoms with Crippen LogP contribution in [-0.2, 0) is 17.6 Å². The van der Waals surface area contributed by atoms with Crippen LogP contribution in [-0.4, -0.2) is 22.0 Å². The highest BCUT2D eigenvalue weighted by Crippen LogP contribution is 2.28. The van der Waals surface area contributed by atoms with E-state index < -0.39 is 5.97 Å². The van der Waals surface area contributed by atoms with Crippen molar-refractivity contribution in [2.24, 2.45) is 5.92 Å². The average molecular weight is 358 g/mol. The lowest BCUT2D eigenvalue weighted by atomic mass is 9.92. The normalized spacial score (nSPS) is 11.6. The molecule has 0 amide bonds. The smallest absolute Gasteiger partial charge is 0.335 e. The van der Waals surface area contributed by atoms with Crippen molar-refractivity contribution in [1.29, 1.82) is 0 Å². The van der Waals surface area contributed by atoms with Crippen molar-refractivity contribution >= 4 is 11.8 Å². The van der Waals surface area contributed by atoms with Gasteiger partial charge in [0.2, 0.25) is 0 Å². The number of carboxylic acids is 1. The number of carbonyl (C=O) groups excluding carboxylic acids is 1. The molecule has 0 unspecified atom stereocenters. The van der Waals surface area contributed by atoms with Crippen LogP contribution in [0.4, 0.5) is 0 Å². The van der Waals surface area contributed by atoms with E-state index in [4.69, 9.17) is 0 Å². The number of phenols is 1. The molecule has 0 radical (unpaired) electrons. The fourth-order valence-electron chi connectivity index (χ4n) is 2.58. The van der Waals surface area contributed by atoms with Crippen molar-refractivity contribution in [2.75, 3.05) is 0 Å². The third kappa shape index (κ3) is 6.87. The number of phenolic OH excluding ortho intramolecular Hbond substituents is 1. The Balaban J connectivity index is 2.97. The zero-order chi connectivity index (χ0) is 19.9. The summed E-state index contributed by atoms with van der Waals surface area (Å²) >= 11 is 0. The minimum atomic E-state index is -1.02. The number of ketones is 1. The van der Waals surface area contributed by atoms with Crippen LogP contribution in [0.15, 0.2) is 35.4 Å². The van der Waals surface area contributed by atoms with Gasteiger partial charge >= 0.3 is 5.97 Å². The molecule has 0 fully saturated rings. The van der Waals surface area contributed by atoms with Gasteiger partial charge in [-0.05, 0) is 70.2 Å². The first-order valence-electron chi connectivity index (χ1n) is 8.99. The van der Waals surface area contributed by atoms with E-state index in [1.54, 1.807) is 0 Å². The van der Waals surface area contributed by atoms with E-state index in [1.807, 2.05) is 46.8 Å². The van der Waals surface area contributed by atoms with Crippen molar-refractivity contribution in [3.05, 3.63) is 52.1 Å². The molecule has 0 aliphatic heterocycles. The Bertz CT molecular complexity index is 718. The van der Waals surface area contributed by atoms with E-state index in [2.05, 4.69) is 0 Å². The minimum absolute atomic E-state index is 0.136. The van der Waals surface area contributed by atoms with Crippen LogP contribution in [0.3, 0.4) is 0 Å². The van der Waals surface area contributed by atoms with Crippen LogP contribution in [0.1, 0.15) is 68.9 Å². The first kappa shape index (κ1) is 21.7. The molecule has 26 heavy (non-hydrogen) atoms. The van der Waals surface area contributed by atoms with E-state index in [0.29, 0.717) is 36.8 Å². The summed E-state index contributed by atoms with van der Waals surface area (Å²) < 4.78 is 0. The number of Topliss-reactive ketones (excluding diaryl/α,β-unsaturated/α-hetero) is 1. The second kappa shape index (κ2) is 9.95. The molecule has 0 aliphatic rings. The van der Waals surface area contributed by atoms with Crippen molar-refractivity contribution in [3.8, 4) is 5.75 Å². The van der Waals surface area contributed by atoms with Gasteiger partial charge in [0, 0.05) is 12.3 Å². The van der Waals surface area contributed by atoms with Gasteiger partial charge in [-0.3, -0.25) is 4.79 Å². The van der Waals surface area contributed by atoms with Crippen LogP contribution in [0, 0.1) is 5.92 Å². The molecule has 0 spiro atoms. The summed E-state index contributed by atoms with van der Waals surface area (Å²) in [6.07, 6.45) is 5.81. The Morgan fingerprint density at radius 2 is 1.62 bits per heavy atom. The number of aryl methyl sites for hydroxylation is 1. The number of allylic oxidation sites excluding steroid dienone is 4. The number of rotatable bonds is 9. The predicted octanol–water partition coefficient (Wildman–Crippen LogP) is 5.09. The summed E-state index contributed by atoms with van der Waals surface area (Å²) in [4.78, 5) is 23.6. The lowest BCUT2D eigenvalue weighted by Gasteiger charge is -2.13. The number of hydrogen-bond donors (Lipinski definition) is 2. The number of hydrogen-bond acceptors (Lipinski definition) is 3. The molecule has 0 aliphatic carbocycles. The zero-order valence-corrected chi connectivity index (χ0v) is 16.4. The molecular weight excluding hydrogens is 328 g/mol. The number of carboxylic acid groups (broad SMARTS) is 1. The lowest BCUT2D eigenvalue weighted by Crippen LogP contribution is -2.11. The first-order valence-corrected chi connectivity index (χ1v) is 8.99. The quantitative estimate of drug-likeness (QED) is 0.603. The third-order valence-electron chi connectivity index (χ3n) is 4.35. The Hall–Kier alpha value is -2.36. The number of aromatic hydroxyl groups is 1. The number of aromatic carboxylic acids is 1. The van der Waals surface area contributed by atoms with Crippen LogP contribution in [0.2, 0.25) is 0 Å². The van der Waals surface area contributed by atoms with Crippen LogP contribution in [0.5, 0.6) is 5.75 Å². The van der Waals surface area contributed by atoms with Crippen LogP contribution >= 0.6 is 0 Å². The molecule has 4 nitrogen and oxygen atoms in total. The maximum absolute atomic E-state index is 12.2. The lowest BCUT2D eigenvalue weighted by molar-refractivity contribution is -0.121. The monoisotopic (exact) mass is 358 g/mol. The maximum Gasteiger partial charge on any atom is 0.335 e. The summed E-state index contributed by atoms with van der Waals surface area (Å²) in [7, 11) is 0. The topological polar surface area (TPSA) is 74.6 Å². The SMILES string of the molecule is CC(C)=CCC(=O)[C@@H](C)CCc1cc(C(=O)O)cc(CC=C(C)C)c1O. The minimum Gasteiger partial charge on any atom is -0.507 e. The van der Waals surface area contributed by atoms with Crippen molar-refractivity contribution in [2.45, 2.75) is 60.3 Å². The van der Waals surface area contributed by atoms with Crippen molar-refractivity contribution in [3.63, 3.8) is 0 Å². The average Bonchev–Trinajstić information content (AvgIpc) is 2.56. The molecule has 0 aromatic heterocycles. The zero-order valence-electron chi connectivity index (χ0n) is 16.4. The fourth-order valence-corrected chi connectivity index (χ4v) is 2.58. The van der Waals surface area contributed by atoms with Gasteiger partial charge in [-0.15, -0.1) is 0 Å². The summed E-state index contributed by atoms with van der Waals surface area (Å²) in [5, 5.41) is 19.9. The fraction of sp³-hybridized carbons (Fsp3) is 0.455. The second-order valence-corrected chi connectivity index (χ2v) is 7.33. The van der Waals surface area contributed by atoms with Crippen LogP contribution in [0.25, 0.3) is 0 Å². The molecule has 142 valence electrons. The van der Waals surface area contributed by atoms with Crippen molar-refractivity contribution < 1.29 is 19.8 Å². The highest BCUT2D eigenvalue weighted by molar-refractivity contribution is 5.88. The summed E-state index contributed by atoms with van der Waals surface area (Å²) in [6, 6.07) is 3.03. The molecule has 2 N–H and O–H groups in total. The molecule has 0 bridgehead atoms. The van der Waals surface area contributed by atoms with Gasteiger partial charge < -0.3 is 10.2 Å². The molecular formula is C22H30O4. The van der Waals surface area contributed by atoms with Gasteiger partial charge in [0.05, 0.1) is 5.56 Å². The van der Waals surface area contributed by atoms with Gasteiger partial charge in [-0.2, -0.15) is 0 Å². The van der Waals surface area contributed by atoms with Crippen LogP contribution < -0.4 is 0 Å². The highest BCUT2D eigenvalue weighted by Gasteiger charge is 2.16. The van der Waals surface area contributed by atoms with Gasteiger partial charge in [-0.25, -0.2) is 4.79 Å². The number of benzene rings is 1. The van der Waals surface area contributed by atoms with Crippen molar-refractivity contribution in [1.82, 2.24) is 0 Å². The number of carbonyl (C=O) groups is 2. The molecule has 1 aromatic carbocycles. The van der Waals surface area contributed by atoms with Gasteiger partial charge in [0.25, 0.3) is 0 Å². The van der Waals surface area contributed by atoms with Gasteiger partial charge in [0.15, 0.2) is 0 Å². The molecule has 1 rings (SSSR count). The van der Waals surface area contributed by atoms with Gasteiger partial charge in [0.1, 0.15) is 11.5 Å². The molecule has 1 atom stereocenters. The Labute approximate surface area is 156 Å². The third-order valence-corrected chi connectivity index (χ3v) is 4.35. The Kier molecular flexibility index (Phi) is 8.30.